The maximum absolute atomic E-state index is 14.7. The largest absolute Gasteiger partial charge is 0.384 e. The summed E-state index contributed by atoms with van der Waals surface area (Å²) in [6, 6.07) is 13.2. The second kappa shape index (κ2) is 11.4. The number of likely N-dealkylation sites (N-methyl/N-ethyl adjacent to an activating group) is 1. The maximum atomic E-state index is 14.7. The number of benzene rings is 1. The molecule has 0 unspecified atom stereocenters. The molecule has 0 aliphatic carbocycles. The Balaban J connectivity index is 1.37. The van der Waals surface area contributed by atoms with Crippen molar-refractivity contribution in [2.45, 2.75) is 13.5 Å². The molecule has 0 spiro atoms. The van der Waals surface area contributed by atoms with E-state index in [2.05, 4.69) is 64.7 Å². The Bertz CT molecular complexity index is 1820. The average Bonchev–Trinajstić information content (AvgIpc) is 3.59. The Morgan fingerprint density at radius 1 is 0.902 bits per heavy atom. The number of nitrogens with one attached hydrogen (secondary N) is 4. The van der Waals surface area contributed by atoms with Gasteiger partial charge in [0.15, 0.2) is 5.65 Å². The number of pyridine rings is 3. The van der Waals surface area contributed by atoms with Crippen molar-refractivity contribution >= 4 is 27.8 Å². The van der Waals surface area contributed by atoms with Crippen LogP contribution in [0.1, 0.15) is 12.5 Å². The minimum atomic E-state index is -0.295. The molecule has 5 heterocycles. The molecule has 0 saturated carbocycles. The highest BCUT2D eigenvalue weighted by Gasteiger charge is 2.16. The summed E-state index contributed by atoms with van der Waals surface area (Å²) in [6.07, 6.45) is 7.28. The molecule has 9 nitrogen and oxygen atoms in total. The van der Waals surface area contributed by atoms with Crippen molar-refractivity contribution in [3.05, 3.63) is 78.6 Å². The first-order chi connectivity index (χ1) is 20.0. The molecule has 6 aromatic rings. The lowest BCUT2D eigenvalue weighted by Gasteiger charge is -2.13. The fourth-order valence-electron chi connectivity index (χ4n) is 4.96. The number of aromatic amines is 2. The van der Waals surface area contributed by atoms with Crippen LogP contribution in [0, 0.1) is 5.82 Å². The van der Waals surface area contributed by atoms with Crippen molar-refractivity contribution in [2.75, 3.05) is 39.0 Å². The molecule has 0 amide bonds. The topological polar surface area (TPSA) is 110 Å². The second-order valence-electron chi connectivity index (χ2n) is 10.3. The zero-order chi connectivity index (χ0) is 28.3. The Morgan fingerprint density at radius 3 is 2.63 bits per heavy atom. The van der Waals surface area contributed by atoms with Crippen molar-refractivity contribution in [1.82, 2.24) is 40.3 Å². The van der Waals surface area contributed by atoms with Gasteiger partial charge in [-0.3, -0.25) is 10.1 Å². The van der Waals surface area contributed by atoms with Gasteiger partial charge in [0.25, 0.3) is 0 Å². The quantitative estimate of drug-likeness (QED) is 0.180. The van der Waals surface area contributed by atoms with Crippen LogP contribution in [0.2, 0.25) is 0 Å². The molecule has 0 bridgehead atoms. The van der Waals surface area contributed by atoms with Crippen LogP contribution in [0.25, 0.3) is 55.7 Å². The van der Waals surface area contributed by atoms with Crippen LogP contribution in [0.15, 0.2) is 67.3 Å². The predicted molar refractivity (Wildman–Crippen MR) is 162 cm³/mol. The van der Waals surface area contributed by atoms with E-state index in [9.17, 15) is 4.39 Å². The zero-order valence-electron chi connectivity index (χ0n) is 23.3. The van der Waals surface area contributed by atoms with E-state index in [4.69, 9.17) is 0 Å². The second-order valence-corrected chi connectivity index (χ2v) is 10.3. The third kappa shape index (κ3) is 5.65. The van der Waals surface area contributed by atoms with Gasteiger partial charge in [0, 0.05) is 72.0 Å². The standard InChI is InChI=1S/C31H32FN9/c1-4-33-15-19-9-21(17-34-16-19)22-12-27-29(39-40-31(27)37-18-22)28-14-26-25(5-6-36-30(26)38-28)20-10-23(32)13-24(11-20)35-7-8-41(2)3/h5-6,9-14,16-18,33,35H,4,7-8,15H2,1-3H3,(H,36,38)(H,37,39,40). The average molecular weight is 550 g/mol. The normalized spacial score (nSPS) is 11.6. The summed E-state index contributed by atoms with van der Waals surface area (Å²) in [7, 11) is 4.02. The first-order valence-electron chi connectivity index (χ1n) is 13.7. The predicted octanol–water partition coefficient (Wildman–Crippen LogP) is 5.45. The minimum absolute atomic E-state index is 0.295. The third-order valence-electron chi connectivity index (χ3n) is 7.01. The van der Waals surface area contributed by atoms with Crippen LogP contribution in [0.4, 0.5) is 10.1 Å². The SMILES string of the molecule is CCNCc1cncc(-c2cnc3[nH]nc(-c4cc5c(-c6cc(F)cc(NCCN(C)C)c6)ccnc5[nH]4)c3c2)c1. The molecular weight excluding hydrogens is 517 g/mol. The summed E-state index contributed by atoms with van der Waals surface area (Å²) in [5.74, 6) is -0.295. The van der Waals surface area contributed by atoms with E-state index in [1.54, 1.807) is 12.3 Å². The number of H-pyrrole nitrogens is 2. The highest BCUT2D eigenvalue weighted by Crippen LogP contribution is 2.35. The summed E-state index contributed by atoms with van der Waals surface area (Å²) in [4.78, 5) is 19.1. The van der Waals surface area contributed by atoms with Gasteiger partial charge >= 0.3 is 0 Å². The van der Waals surface area contributed by atoms with E-state index in [-0.39, 0.29) is 5.82 Å². The number of aromatic nitrogens is 6. The summed E-state index contributed by atoms with van der Waals surface area (Å²) in [5.41, 5.74) is 8.37. The van der Waals surface area contributed by atoms with Crippen LogP contribution in [-0.2, 0) is 6.54 Å². The van der Waals surface area contributed by atoms with E-state index in [1.165, 1.54) is 6.07 Å². The van der Waals surface area contributed by atoms with Crippen molar-refractivity contribution in [3.63, 3.8) is 0 Å². The first kappa shape index (κ1) is 26.5. The van der Waals surface area contributed by atoms with Gasteiger partial charge in [0.05, 0.1) is 5.69 Å². The van der Waals surface area contributed by atoms with E-state index < -0.39 is 0 Å². The molecule has 208 valence electrons. The number of anilines is 1. The highest BCUT2D eigenvalue weighted by molar-refractivity contribution is 6.00. The Hall–Kier alpha value is -4.67. The van der Waals surface area contributed by atoms with Crippen molar-refractivity contribution in [3.8, 4) is 33.6 Å². The molecule has 0 radical (unpaired) electrons. The Morgan fingerprint density at radius 2 is 1.78 bits per heavy atom. The van der Waals surface area contributed by atoms with Gasteiger partial charge in [0.1, 0.15) is 17.2 Å². The molecular formula is C31H32FN9. The maximum Gasteiger partial charge on any atom is 0.155 e. The molecule has 4 N–H and O–H groups in total. The molecule has 0 fully saturated rings. The third-order valence-corrected chi connectivity index (χ3v) is 7.01. The number of halogens is 1. The number of fused-ring (bicyclic) bond motifs is 2. The van der Waals surface area contributed by atoms with Crippen LogP contribution >= 0.6 is 0 Å². The lowest BCUT2D eigenvalue weighted by Crippen LogP contribution is -2.20. The number of hydrogen-bond donors (Lipinski definition) is 4. The fourth-order valence-corrected chi connectivity index (χ4v) is 4.96. The van der Waals surface area contributed by atoms with Gasteiger partial charge in [0.2, 0.25) is 0 Å². The fraction of sp³-hybridized carbons (Fsp3) is 0.226. The Labute approximate surface area is 237 Å². The van der Waals surface area contributed by atoms with E-state index >= 15 is 0 Å². The summed E-state index contributed by atoms with van der Waals surface area (Å²) < 4.78 is 14.7. The number of nitrogens with zero attached hydrogens (tertiary/aromatic N) is 5. The molecule has 0 aliphatic heterocycles. The van der Waals surface area contributed by atoms with Crippen LogP contribution in [-0.4, -0.2) is 68.8 Å². The summed E-state index contributed by atoms with van der Waals surface area (Å²) >= 11 is 0. The molecule has 0 aliphatic rings. The van der Waals surface area contributed by atoms with Crippen molar-refractivity contribution in [1.29, 1.82) is 0 Å². The minimum Gasteiger partial charge on any atom is -0.384 e. The van der Waals surface area contributed by atoms with Gasteiger partial charge in [-0.1, -0.05) is 6.92 Å². The lowest BCUT2D eigenvalue weighted by atomic mass is 10.0. The van der Waals surface area contributed by atoms with E-state index in [0.717, 1.165) is 75.3 Å². The summed E-state index contributed by atoms with van der Waals surface area (Å²) in [5, 5.41) is 16.1. The summed E-state index contributed by atoms with van der Waals surface area (Å²) in [6.45, 7) is 5.30. The van der Waals surface area contributed by atoms with E-state index in [0.29, 0.717) is 17.8 Å². The molecule has 0 saturated heterocycles. The lowest BCUT2D eigenvalue weighted by molar-refractivity contribution is 0.425. The van der Waals surface area contributed by atoms with Crippen LogP contribution < -0.4 is 10.6 Å². The number of rotatable bonds is 10. The smallest absolute Gasteiger partial charge is 0.155 e. The zero-order valence-corrected chi connectivity index (χ0v) is 23.3. The van der Waals surface area contributed by atoms with Crippen molar-refractivity contribution in [2.24, 2.45) is 0 Å². The molecule has 10 heteroatoms. The highest BCUT2D eigenvalue weighted by atomic mass is 19.1. The van der Waals surface area contributed by atoms with Gasteiger partial charge in [-0.25, -0.2) is 14.4 Å². The molecule has 1 aromatic carbocycles. The van der Waals surface area contributed by atoms with Gasteiger partial charge in [-0.15, -0.1) is 0 Å². The van der Waals surface area contributed by atoms with Crippen LogP contribution in [0.5, 0.6) is 0 Å². The van der Waals surface area contributed by atoms with Crippen molar-refractivity contribution < 1.29 is 4.39 Å². The van der Waals surface area contributed by atoms with Gasteiger partial charge in [-0.2, -0.15) is 5.10 Å². The van der Waals surface area contributed by atoms with Gasteiger partial charge < -0.3 is 20.5 Å². The molecule has 0 atom stereocenters. The number of hydrogen-bond acceptors (Lipinski definition) is 7. The first-order valence-corrected chi connectivity index (χ1v) is 13.7. The molecule has 6 rings (SSSR count). The Kier molecular flexibility index (Phi) is 7.41. The van der Waals surface area contributed by atoms with E-state index in [1.807, 2.05) is 50.9 Å². The van der Waals surface area contributed by atoms with Crippen LogP contribution in [0.3, 0.4) is 0 Å². The van der Waals surface area contributed by atoms with Gasteiger partial charge in [-0.05, 0) is 79.8 Å². The monoisotopic (exact) mass is 549 g/mol. The molecule has 5 aromatic heterocycles. The molecule has 41 heavy (non-hydrogen) atoms.